The van der Waals surface area contributed by atoms with Gasteiger partial charge in [-0.25, -0.2) is 27.2 Å². The summed E-state index contributed by atoms with van der Waals surface area (Å²) in [6, 6.07) is 4.47. The summed E-state index contributed by atoms with van der Waals surface area (Å²) in [6.07, 6.45) is 5.35. The van der Waals surface area contributed by atoms with E-state index >= 15 is 4.39 Å². The van der Waals surface area contributed by atoms with E-state index in [1.54, 1.807) is 0 Å². The number of rotatable bonds is 5. The third-order valence-corrected chi connectivity index (χ3v) is 9.10. The van der Waals surface area contributed by atoms with Gasteiger partial charge in [-0.2, -0.15) is 0 Å². The first kappa shape index (κ1) is 25.4. The molecule has 1 aromatic heterocycles. The Kier molecular flexibility index (Phi) is 6.41. The number of methoxy groups -OCH3 is 1. The lowest BCUT2D eigenvalue weighted by molar-refractivity contribution is 0.0938. The van der Waals surface area contributed by atoms with Crippen molar-refractivity contribution in [3.05, 3.63) is 77.3 Å². The number of ether oxygens (including phenoxy) is 1. The minimum absolute atomic E-state index is 0.0207. The quantitative estimate of drug-likeness (QED) is 0.621. The summed E-state index contributed by atoms with van der Waals surface area (Å²) >= 11 is 0. The van der Waals surface area contributed by atoms with E-state index in [4.69, 9.17) is 10.5 Å². The Morgan fingerprint density at radius 1 is 1.22 bits per heavy atom. The number of carbonyl (C=O) groups is 1. The summed E-state index contributed by atoms with van der Waals surface area (Å²) in [5.41, 5.74) is 4.77. The number of aliphatic imine (C=N–C) groups is 1. The van der Waals surface area contributed by atoms with E-state index in [-0.39, 0.29) is 35.0 Å². The van der Waals surface area contributed by atoms with Crippen LogP contribution in [0, 0.1) is 5.82 Å². The first-order valence-corrected chi connectivity index (χ1v) is 12.6. The predicted molar refractivity (Wildman–Crippen MR) is 129 cm³/mol. The number of carbonyl (C=O) groups excluding carboxylic acids is 1. The van der Waals surface area contributed by atoms with Gasteiger partial charge in [0.25, 0.3) is 5.91 Å². The maximum absolute atomic E-state index is 15.0. The van der Waals surface area contributed by atoms with Crippen LogP contribution in [-0.2, 0) is 14.6 Å². The average Bonchev–Trinajstić information content (AvgIpc) is 2.83. The van der Waals surface area contributed by atoms with E-state index in [1.165, 1.54) is 63.7 Å². The van der Waals surface area contributed by atoms with Crippen LogP contribution in [0.2, 0.25) is 0 Å². The zero-order valence-electron chi connectivity index (χ0n) is 19.8. The Bertz CT molecular complexity index is 1410. The highest BCUT2D eigenvalue weighted by Crippen LogP contribution is 2.43. The number of aromatic nitrogens is 2. The maximum Gasteiger partial charge on any atom is 0.271 e. The molecule has 0 saturated heterocycles. The second-order valence-electron chi connectivity index (χ2n) is 8.97. The summed E-state index contributed by atoms with van der Waals surface area (Å²) in [5.74, 6) is -2.45. The van der Waals surface area contributed by atoms with Crippen molar-refractivity contribution < 1.29 is 26.7 Å². The van der Waals surface area contributed by atoms with Crippen LogP contribution in [0.4, 0.5) is 8.78 Å². The van der Waals surface area contributed by atoms with Crippen molar-refractivity contribution >= 4 is 21.6 Å². The fourth-order valence-electron chi connectivity index (χ4n) is 4.34. The van der Waals surface area contributed by atoms with Crippen molar-refractivity contribution in [2.75, 3.05) is 12.9 Å². The predicted octanol–water partition coefficient (Wildman–Crippen LogP) is 2.37. The van der Waals surface area contributed by atoms with Crippen molar-refractivity contribution in [2.24, 2.45) is 10.7 Å². The van der Waals surface area contributed by atoms with Crippen LogP contribution in [0.1, 0.15) is 36.3 Å². The van der Waals surface area contributed by atoms with E-state index < -0.39 is 49.5 Å². The molecule has 9 nitrogen and oxygen atoms in total. The lowest BCUT2D eigenvalue weighted by Crippen LogP contribution is -2.56. The molecule has 0 spiro atoms. The van der Waals surface area contributed by atoms with E-state index in [0.29, 0.717) is 0 Å². The molecule has 0 bridgehead atoms. The molecule has 2 aliphatic rings. The highest BCUT2D eigenvalue weighted by Gasteiger charge is 2.54. The second-order valence-corrected chi connectivity index (χ2v) is 11.3. The van der Waals surface area contributed by atoms with Crippen molar-refractivity contribution in [3.63, 3.8) is 0 Å². The van der Waals surface area contributed by atoms with Gasteiger partial charge in [0, 0.05) is 5.57 Å². The monoisotopic (exact) mass is 517 g/mol. The highest BCUT2D eigenvalue weighted by atomic mass is 32.2. The number of amides is 1. The van der Waals surface area contributed by atoms with Crippen LogP contribution in [-0.4, -0.2) is 54.6 Å². The number of halogens is 2. The molecule has 36 heavy (non-hydrogen) atoms. The van der Waals surface area contributed by atoms with Gasteiger partial charge in [0.1, 0.15) is 28.7 Å². The molecule has 3 atom stereocenters. The fraction of sp³-hybridized carbons (Fsp3) is 0.333. The normalized spacial score (nSPS) is 27.4. The minimum atomic E-state index is -4.09. The number of hydrogen-bond acceptors (Lipinski definition) is 8. The Hall–Kier alpha value is -3.67. The lowest BCUT2D eigenvalue weighted by atomic mass is 9.86. The molecule has 1 aliphatic carbocycles. The van der Waals surface area contributed by atoms with E-state index in [1.807, 2.05) is 0 Å². The van der Waals surface area contributed by atoms with Gasteiger partial charge < -0.3 is 15.8 Å². The summed E-state index contributed by atoms with van der Waals surface area (Å²) < 4.78 is 59.1. The largest absolute Gasteiger partial charge is 0.480 e. The van der Waals surface area contributed by atoms with E-state index in [9.17, 15) is 17.6 Å². The molecule has 0 fully saturated rings. The molecule has 0 radical (unpaired) electrons. The first-order valence-electron chi connectivity index (χ1n) is 11.0. The van der Waals surface area contributed by atoms with Gasteiger partial charge >= 0.3 is 0 Å². The number of nitrogens with one attached hydrogen (secondary N) is 1. The van der Waals surface area contributed by atoms with Gasteiger partial charge in [-0.15, -0.1) is 0 Å². The van der Waals surface area contributed by atoms with E-state index in [2.05, 4.69) is 20.3 Å². The molecule has 4 rings (SSSR count). The molecule has 2 heterocycles. The van der Waals surface area contributed by atoms with Crippen molar-refractivity contribution in [1.29, 1.82) is 0 Å². The molecular weight excluding hydrogens is 492 g/mol. The lowest BCUT2D eigenvalue weighted by Gasteiger charge is -2.41. The summed E-state index contributed by atoms with van der Waals surface area (Å²) in [5, 5.41) is 2.72. The number of nitrogens with zero attached hydrogens (tertiary/aromatic N) is 3. The topological polar surface area (TPSA) is 137 Å². The van der Waals surface area contributed by atoms with Gasteiger partial charge in [-0.1, -0.05) is 18.2 Å². The van der Waals surface area contributed by atoms with Gasteiger partial charge in [0.2, 0.25) is 5.88 Å². The van der Waals surface area contributed by atoms with Crippen molar-refractivity contribution in [3.8, 4) is 5.88 Å². The number of amidine groups is 1. The smallest absolute Gasteiger partial charge is 0.271 e. The van der Waals surface area contributed by atoms with Crippen molar-refractivity contribution in [1.82, 2.24) is 15.3 Å². The van der Waals surface area contributed by atoms with Crippen LogP contribution < -0.4 is 15.8 Å². The molecule has 12 heteroatoms. The third-order valence-electron chi connectivity index (χ3n) is 6.47. The van der Waals surface area contributed by atoms with Crippen LogP contribution in [0.25, 0.3) is 0 Å². The van der Waals surface area contributed by atoms with Gasteiger partial charge in [0.05, 0.1) is 31.3 Å². The van der Waals surface area contributed by atoms with Crippen molar-refractivity contribution in [2.45, 2.75) is 36.6 Å². The molecule has 2 aromatic rings. The Labute approximate surface area is 207 Å². The Morgan fingerprint density at radius 2 is 1.97 bits per heavy atom. The molecule has 1 unspecified atom stereocenters. The molecule has 0 saturated carbocycles. The number of nitrogens with two attached hydrogens (primary N) is 1. The van der Waals surface area contributed by atoms with Gasteiger partial charge in [-0.3, -0.25) is 9.79 Å². The maximum atomic E-state index is 15.0. The highest BCUT2D eigenvalue weighted by molar-refractivity contribution is 7.93. The molecule has 3 N–H and O–H groups in total. The number of sulfone groups is 1. The van der Waals surface area contributed by atoms with Crippen LogP contribution in [0.5, 0.6) is 5.88 Å². The van der Waals surface area contributed by atoms with Crippen LogP contribution >= 0.6 is 0 Å². The first-order chi connectivity index (χ1) is 16.9. The fourth-order valence-corrected chi connectivity index (χ4v) is 6.44. The van der Waals surface area contributed by atoms with E-state index in [0.717, 1.165) is 6.07 Å². The summed E-state index contributed by atoms with van der Waals surface area (Å²) in [7, 11) is -2.67. The molecule has 1 aromatic carbocycles. The van der Waals surface area contributed by atoms with Crippen LogP contribution in [0.3, 0.4) is 0 Å². The Balaban J connectivity index is 1.67. The summed E-state index contributed by atoms with van der Waals surface area (Å²) in [4.78, 5) is 25.0. The second kappa shape index (κ2) is 9.08. The zero-order chi connectivity index (χ0) is 26.3. The molecule has 1 amide bonds. The molecular formula is C24H25F2N5O4S. The average molecular weight is 518 g/mol. The third kappa shape index (κ3) is 4.36. The minimum Gasteiger partial charge on any atom is -0.480 e. The number of hydrogen-bond donors (Lipinski definition) is 2. The van der Waals surface area contributed by atoms with Gasteiger partial charge in [-0.05, 0) is 44.0 Å². The molecule has 1 aliphatic heterocycles. The SMILES string of the molecule is COc1cnc(C(=O)NC2C=C([C@]3(C)CS(=O)(=O)[C@@](C)(c4cccc(F)c4)C(N)=N3)C(F)=CC2)cn1. The van der Waals surface area contributed by atoms with Crippen LogP contribution in [0.15, 0.2) is 65.2 Å². The summed E-state index contributed by atoms with van der Waals surface area (Å²) in [6.45, 7) is 2.82. The zero-order valence-corrected chi connectivity index (χ0v) is 20.6. The van der Waals surface area contributed by atoms with Gasteiger partial charge in [0.15, 0.2) is 14.6 Å². The Morgan fingerprint density at radius 3 is 2.58 bits per heavy atom. The standard InChI is InChI=1S/C24H25F2N5O4S/c1-23(13-36(33,34)24(2,22(27)31-23)14-5-4-6-15(25)9-14)17-10-16(7-8-18(17)26)30-21(32)19-11-29-20(35-3)12-28-19/h4-6,8-12,16H,7,13H2,1-3H3,(H2,27,31)(H,30,32)/t16?,23-,24-/m0/s1. The molecule has 190 valence electrons. The number of benzene rings is 1.